The molecule has 0 fully saturated rings. The van der Waals surface area contributed by atoms with E-state index in [1.807, 2.05) is 0 Å². The minimum absolute atomic E-state index is 0.0494. The van der Waals surface area contributed by atoms with Crippen molar-refractivity contribution in [1.82, 2.24) is 15.5 Å². The van der Waals surface area contributed by atoms with Crippen molar-refractivity contribution in [3.8, 4) is 22.8 Å². The van der Waals surface area contributed by atoms with E-state index in [2.05, 4.69) is 20.3 Å². The minimum Gasteiger partial charge on any atom is -0.493 e. The van der Waals surface area contributed by atoms with Crippen molar-refractivity contribution in [2.45, 2.75) is 26.1 Å². The Kier molecular flexibility index (Phi) is 6.58. The van der Waals surface area contributed by atoms with Crippen LogP contribution in [0.15, 0.2) is 48.5 Å². The Morgan fingerprint density at radius 2 is 1.90 bits per heavy atom. The zero-order chi connectivity index (χ0) is 21.7. The summed E-state index contributed by atoms with van der Waals surface area (Å²) < 4.78 is 60.7. The first-order chi connectivity index (χ1) is 14.3. The van der Waals surface area contributed by atoms with Gasteiger partial charge in [-0.3, -0.25) is 10.4 Å². The van der Waals surface area contributed by atoms with Gasteiger partial charge in [-0.1, -0.05) is 18.2 Å². The summed E-state index contributed by atoms with van der Waals surface area (Å²) in [6, 6.07) is 11.0. The Morgan fingerprint density at radius 1 is 1.13 bits per heavy atom. The number of aliphatic hydroxyl groups excluding tert-OH is 1. The van der Waals surface area contributed by atoms with Crippen LogP contribution in [0.25, 0.3) is 11.3 Å². The summed E-state index contributed by atoms with van der Waals surface area (Å²) in [6.45, 7) is 2.24. The molecule has 0 spiro atoms. The second kappa shape index (κ2) is 9.14. The van der Waals surface area contributed by atoms with Crippen molar-refractivity contribution < 1.29 is 32.1 Å². The number of ether oxygens (including phenoxy) is 2. The van der Waals surface area contributed by atoms with Crippen molar-refractivity contribution >= 4 is 0 Å². The van der Waals surface area contributed by atoms with Gasteiger partial charge in [-0.15, -0.1) is 13.2 Å². The fourth-order valence-electron chi connectivity index (χ4n) is 2.81. The lowest BCUT2D eigenvalue weighted by molar-refractivity contribution is -0.275. The number of hydrogen-bond acceptors (Lipinski definition) is 5. The minimum atomic E-state index is -4.88. The first-order valence-electron chi connectivity index (χ1n) is 9.00. The lowest BCUT2D eigenvalue weighted by Crippen LogP contribution is -2.23. The molecule has 0 bridgehead atoms. The number of nitrogens with zero attached hydrogens (tertiary/aromatic N) is 1. The van der Waals surface area contributed by atoms with E-state index >= 15 is 0 Å². The molecule has 0 saturated heterocycles. The van der Waals surface area contributed by atoms with Gasteiger partial charge in [-0.05, 0) is 37.3 Å². The molecule has 0 aliphatic heterocycles. The third kappa shape index (κ3) is 5.49. The number of rotatable bonds is 8. The Labute approximate surface area is 169 Å². The van der Waals surface area contributed by atoms with Crippen LogP contribution in [0.4, 0.5) is 17.6 Å². The van der Waals surface area contributed by atoms with E-state index in [9.17, 15) is 22.7 Å². The first-order valence-corrected chi connectivity index (χ1v) is 9.00. The number of H-pyrrole nitrogens is 1. The fourth-order valence-corrected chi connectivity index (χ4v) is 2.81. The Hall–Kier alpha value is -3.11. The number of nitrogens with one attached hydrogen (secondary N) is 2. The van der Waals surface area contributed by atoms with Crippen molar-refractivity contribution in [3.63, 3.8) is 0 Å². The summed E-state index contributed by atoms with van der Waals surface area (Å²) in [4.78, 5) is 0. The smallest absolute Gasteiger partial charge is 0.493 e. The number of hydrogen-bond donors (Lipinski definition) is 3. The molecular formula is C20H19F4N3O3. The quantitative estimate of drug-likeness (QED) is 0.371. The van der Waals surface area contributed by atoms with Crippen molar-refractivity contribution in [2.24, 2.45) is 0 Å². The van der Waals surface area contributed by atoms with Gasteiger partial charge < -0.3 is 14.6 Å². The molecule has 0 radical (unpaired) electrons. The lowest BCUT2D eigenvalue weighted by atomic mass is 10.1. The number of aliphatic hydroxyl groups is 1. The van der Waals surface area contributed by atoms with E-state index in [4.69, 9.17) is 4.74 Å². The summed E-state index contributed by atoms with van der Waals surface area (Å²) in [5.74, 6) is -0.493. The van der Waals surface area contributed by atoms with Crippen molar-refractivity contribution in [3.05, 3.63) is 65.6 Å². The van der Waals surface area contributed by atoms with E-state index in [1.165, 1.54) is 36.4 Å². The molecule has 1 unspecified atom stereocenters. The molecule has 3 aromatic rings. The van der Waals surface area contributed by atoms with Gasteiger partial charge in [0.2, 0.25) is 0 Å². The van der Waals surface area contributed by atoms with Crippen LogP contribution in [0.1, 0.15) is 24.4 Å². The number of benzene rings is 2. The molecule has 1 aromatic heterocycles. The molecule has 6 nitrogen and oxygen atoms in total. The van der Waals surface area contributed by atoms with Gasteiger partial charge in [0, 0.05) is 23.4 Å². The molecule has 10 heteroatoms. The zero-order valence-corrected chi connectivity index (χ0v) is 15.8. The first kappa shape index (κ1) is 21.6. The van der Waals surface area contributed by atoms with Gasteiger partial charge in [0.05, 0.1) is 12.3 Å². The van der Waals surface area contributed by atoms with Crippen LogP contribution < -0.4 is 14.8 Å². The maximum atomic E-state index is 13.6. The van der Waals surface area contributed by atoms with Crippen LogP contribution in [-0.2, 0) is 6.54 Å². The largest absolute Gasteiger partial charge is 0.573 e. The monoisotopic (exact) mass is 425 g/mol. The Bertz CT molecular complexity index is 991. The number of aromatic amines is 1. The van der Waals surface area contributed by atoms with Crippen LogP contribution in [-0.4, -0.2) is 28.3 Å². The molecule has 3 rings (SSSR count). The lowest BCUT2D eigenvalue weighted by Gasteiger charge is -2.17. The normalized spacial score (nSPS) is 12.6. The number of halogens is 4. The highest BCUT2D eigenvalue weighted by Gasteiger charge is 2.32. The molecule has 0 saturated carbocycles. The summed E-state index contributed by atoms with van der Waals surface area (Å²) >= 11 is 0. The fraction of sp³-hybridized carbons (Fsp3) is 0.250. The van der Waals surface area contributed by atoms with E-state index < -0.39 is 24.2 Å². The predicted octanol–water partition coefficient (Wildman–Crippen LogP) is 4.29. The van der Waals surface area contributed by atoms with E-state index in [1.54, 1.807) is 13.0 Å². The van der Waals surface area contributed by atoms with E-state index in [0.29, 0.717) is 29.3 Å². The molecule has 0 aliphatic carbocycles. The van der Waals surface area contributed by atoms with Crippen LogP contribution in [0.2, 0.25) is 0 Å². The summed E-state index contributed by atoms with van der Waals surface area (Å²) in [5.41, 5.74) is 1.32. The molecule has 0 aliphatic rings. The van der Waals surface area contributed by atoms with Gasteiger partial charge in [0.15, 0.2) is 0 Å². The van der Waals surface area contributed by atoms with Gasteiger partial charge >= 0.3 is 6.36 Å². The highest BCUT2D eigenvalue weighted by molar-refractivity contribution is 5.67. The zero-order valence-electron chi connectivity index (χ0n) is 15.8. The van der Waals surface area contributed by atoms with Gasteiger partial charge in [0.25, 0.3) is 0 Å². The highest BCUT2D eigenvalue weighted by Crippen LogP contribution is 2.31. The summed E-state index contributed by atoms with van der Waals surface area (Å²) in [6.07, 6.45) is -6.31. The Morgan fingerprint density at radius 3 is 2.63 bits per heavy atom. The molecule has 0 amide bonds. The molecular weight excluding hydrogens is 406 g/mol. The third-order valence-electron chi connectivity index (χ3n) is 4.07. The SMILES string of the molecule is CCOc1ccc(F)cc1-c1cc(CNC(O)c2ccccc2OC(F)(F)F)[nH]n1. The summed E-state index contributed by atoms with van der Waals surface area (Å²) in [7, 11) is 0. The van der Waals surface area contributed by atoms with Gasteiger partial charge in [0.1, 0.15) is 23.5 Å². The second-order valence-corrected chi connectivity index (χ2v) is 6.22. The van der Waals surface area contributed by atoms with Gasteiger partial charge in [-0.2, -0.15) is 5.10 Å². The van der Waals surface area contributed by atoms with Crippen molar-refractivity contribution in [2.75, 3.05) is 6.61 Å². The highest BCUT2D eigenvalue weighted by atomic mass is 19.4. The second-order valence-electron chi connectivity index (χ2n) is 6.22. The average molecular weight is 425 g/mol. The van der Waals surface area contributed by atoms with Crippen LogP contribution in [0, 0.1) is 5.82 Å². The molecule has 30 heavy (non-hydrogen) atoms. The van der Waals surface area contributed by atoms with Crippen LogP contribution >= 0.6 is 0 Å². The number of para-hydroxylation sites is 1. The third-order valence-corrected chi connectivity index (χ3v) is 4.07. The molecule has 2 aromatic carbocycles. The number of alkyl halides is 3. The van der Waals surface area contributed by atoms with Crippen molar-refractivity contribution in [1.29, 1.82) is 0 Å². The molecule has 3 N–H and O–H groups in total. The molecule has 160 valence electrons. The maximum absolute atomic E-state index is 13.6. The van der Waals surface area contributed by atoms with E-state index in [-0.39, 0.29) is 12.1 Å². The standard InChI is InChI=1S/C20H19F4N3O3/c1-2-29-17-8-7-12(21)9-15(17)16-10-13(26-27-16)11-25-19(28)14-5-3-4-6-18(14)30-20(22,23)24/h3-10,19,25,28H,2,11H2,1H3,(H,26,27). The van der Waals surface area contributed by atoms with Crippen LogP contribution in [0.5, 0.6) is 11.5 Å². The summed E-state index contributed by atoms with van der Waals surface area (Å²) in [5, 5.41) is 19.8. The maximum Gasteiger partial charge on any atom is 0.573 e. The molecule has 1 heterocycles. The van der Waals surface area contributed by atoms with Crippen LogP contribution in [0.3, 0.4) is 0 Å². The van der Waals surface area contributed by atoms with E-state index in [0.717, 1.165) is 6.07 Å². The topological polar surface area (TPSA) is 79.4 Å². The average Bonchev–Trinajstić information content (AvgIpc) is 3.16. The van der Waals surface area contributed by atoms with Gasteiger partial charge in [-0.25, -0.2) is 4.39 Å². The predicted molar refractivity (Wildman–Crippen MR) is 100 cm³/mol. The Balaban J connectivity index is 1.72. The number of aromatic nitrogens is 2. The molecule has 1 atom stereocenters.